The molecule has 0 N–H and O–H groups in total. The lowest BCUT2D eigenvalue weighted by Gasteiger charge is -2.42. The maximum absolute atomic E-state index is 13.3. The lowest BCUT2D eigenvalue weighted by molar-refractivity contribution is -0.274. The topological polar surface area (TPSA) is 102 Å². The summed E-state index contributed by atoms with van der Waals surface area (Å²) in [5, 5.41) is 0. The average molecular weight is 555 g/mol. The van der Waals surface area contributed by atoms with Gasteiger partial charge in [-0.3, -0.25) is 0 Å². The van der Waals surface area contributed by atoms with Gasteiger partial charge in [-0.25, -0.2) is 21.2 Å². The van der Waals surface area contributed by atoms with E-state index < -0.39 is 44.7 Å². The molecule has 0 saturated carbocycles. The van der Waals surface area contributed by atoms with Crippen LogP contribution in [0.4, 0.5) is 17.6 Å². The van der Waals surface area contributed by atoms with Crippen LogP contribution in [0.2, 0.25) is 0 Å². The molecule has 0 aromatic heterocycles. The zero-order chi connectivity index (χ0) is 26.2. The van der Waals surface area contributed by atoms with Gasteiger partial charge in [0.2, 0.25) is 26.9 Å². The van der Waals surface area contributed by atoms with Gasteiger partial charge in [0.15, 0.2) is 0 Å². The van der Waals surface area contributed by atoms with Gasteiger partial charge in [0.25, 0.3) is 0 Å². The maximum Gasteiger partial charge on any atom is 0.573 e. The number of rotatable bonds is 7. The molecule has 2 heterocycles. The monoisotopic (exact) mass is 554 g/mol. The van der Waals surface area contributed by atoms with Gasteiger partial charge in [0, 0.05) is 32.5 Å². The summed E-state index contributed by atoms with van der Waals surface area (Å²) in [5.41, 5.74) is -1.29. The van der Waals surface area contributed by atoms with Gasteiger partial charge in [-0.2, -0.15) is 8.61 Å². The Labute approximate surface area is 205 Å². The minimum Gasteiger partial charge on any atom is -0.463 e. The highest BCUT2D eigenvalue weighted by molar-refractivity contribution is 7.89. The van der Waals surface area contributed by atoms with Crippen LogP contribution in [0, 0.1) is 0 Å². The number of piperidine rings is 1. The lowest BCUT2D eigenvalue weighted by atomic mass is 10.0. The fraction of sp³-hybridized carbons (Fsp3) is 0.429. The van der Waals surface area contributed by atoms with Gasteiger partial charge in [0.05, 0.1) is 16.4 Å². The molecule has 0 amide bonds. The van der Waals surface area contributed by atoms with Crippen LogP contribution in [0.3, 0.4) is 0 Å². The predicted molar refractivity (Wildman–Crippen MR) is 117 cm³/mol. The molecular formula is C21H22F4N2O7S2. The SMILES string of the molecule is O=S(=O)(c1ccc(OCF)cc1)N1CCC2(CC1)OCCN2S(=O)(=O)c1ccc(OC(F)(F)F)cc1. The van der Waals surface area contributed by atoms with E-state index in [9.17, 15) is 34.4 Å². The van der Waals surface area contributed by atoms with Crippen LogP contribution in [0.15, 0.2) is 58.3 Å². The van der Waals surface area contributed by atoms with Crippen molar-refractivity contribution >= 4 is 20.0 Å². The molecule has 0 aliphatic carbocycles. The van der Waals surface area contributed by atoms with E-state index in [4.69, 9.17) is 4.74 Å². The minimum absolute atomic E-state index is 0.00587. The summed E-state index contributed by atoms with van der Waals surface area (Å²) >= 11 is 0. The number of hydrogen-bond acceptors (Lipinski definition) is 7. The highest BCUT2D eigenvalue weighted by Crippen LogP contribution is 2.39. The highest BCUT2D eigenvalue weighted by atomic mass is 32.2. The largest absolute Gasteiger partial charge is 0.573 e. The Morgan fingerprint density at radius 3 is 1.89 bits per heavy atom. The van der Waals surface area contributed by atoms with Crippen molar-refractivity contribution in [3.63, 3.8) is 0 Å². The van der Waals surface area contributed by atoms with E-state index in [2.05, 4.69) is 9.47 Å². The molecule has 15 heteroatoms. The Balaban J connectivity index is 1.49. The number of alkyl halides is 4. The van der Waals surface area contributed by atoms with Crippen LogP contribution >= 0.6 is 0 Å². The van der Waals surface area contributed by atoms with E-state index in [1.54, 1.807) is 0 Å². The number of hydrogen-bond donors (Lipinski definition) is 0. The van der Waals surface area contributed by atoms with Crippen molar-refractivity contribution in [2.24, 2.45) is 0 Å². The molecule has 36 heavy (non-hydrogen) atoms. The molecule has 1 spiro atoms. The fourth-order valence-electron chi connectivity index (χ4n) is 4.26. The molecule has 0 bridgehead atoms. The van der Waals surface area contributed by atoms with E-state index in [0.29, 0.717) is 0 Å². The van der Waals surface area contributed by atoms with Crippen LogP contribution in [0.25, 0.3) is 0 Å². The first-order chi connectivity index (χ1) is 16.9. The van der Waals surface area contributed by atoms with Gasteiger partial charge in [-0.1, -0.05) is 0 Å². The van der Waals surface area contributed by atoms with Crippen LogP contribution in [-0.2, 0) is 24.8 Å². The normalized spacial score (nSPS) is 19.4. The molecule has 4 rings (SSSR count). The molecule has 0 atom stereocenters. The van der Waals surface area contributed by atoms with Gasteiger partial charge in [0.1, 0.15) is 17.2 Å². The molecule has 2 aromatic rings. The molecule has 2 saturated heterocycles. The second kappa shape index (κ2) is 9.78. The van der Waals surface area contributed by atoms with Crippen LogP contribution < -0.4 is 9.47 Å². The molecule has 2 aliphatic rings. The summed E-state index contributed by atoms with van der Waals surface area (Å²) < 4.78 is 119. The maximum atomic E-state index is 13.3. The van der Waals surface area contributed by atoms with E-state index >= 15 is 0 Å². The third-order valence-electron chi connectivity index (χ3n) is 5.95. The lowest BCUT2D eigenvalue weighted by Crippen LogP contribution is -2.55. The third kappa shape index (κ3) is 5.29. The van der Waals surface area contributed by atoms with Crippen molar-refractivity contribution in [1.82, 2.24) is 8.61 Å². The summed E-state index contributed by atoms with van der Waals surface area (Å²) in [7, 11) is -8.07. The van der Waals surface area contributed by atoms with E-state index in [1.165, 1.54) is 28.6 Å². The molecule has 2 fully saturated rings. The third-order valence-corrected chi connectivity index (χ3v) is 9.83. The Kier molecular flexibility index (Phi) is 7.22. The Morgan fingerprint density at radius 1 is 0.833 bits per heavy atom. The minimum atomic E-state index is -4.91. The van der Waals surface area contributed by atoms with E-state index in [0.717, 1.165) is 28.6 Å². The molecule has 198 valence electrons. The van der Waals surface area contributed by atoms with Crippen molar-refractivity contribution in [3.05, 3.63) is 48.5 Å². The van der Waals surface area contributed by atoms with Crippen molar-refractivity contribution in [2.45, 2.75) is 34.7 Å². The predicted octanol–water partition coefficient (Wildman–Crippen LogP) is 3.09. The average Bonchev–Trinajstić information content (AvgIpc) is 3.23. The smallest absolute Gasteiger partial charge is 0.463 e. The molecular weight excluding hydrogens is 532 g/mol. The van der Waals surface area contributed by atoms with Crippen molar-refractivity contribution in [2.75, 3.05) is 33.1 Å². The summed E-state index contributed by atoms with van der Waals surface area (Å²) in [4.78, 5) is -0.268. The van der Waals surface area contributed by atoms with E-state index in [-0.39, 0.29) is 54.6 Å². The van der Waals surface area contributed by atoms with E-state index in [1.807, 2.05) is 0 Å². The van der Waals surface area contributed by atoms with Crippen molar-refractivity contribution in [3.8, 4) is 11.5 Å². The van der Waals surface area contributed by atoms with Gasteiger partial charge in [-0.05, 0) is 48.5 Å². The standard InChI is InChI=1S/C21H22F4N2O7S2/c22-15-32-16-1-5-18(6-2-16)35(28,29)26-11-9-20(10-12-26)27(13-14-33-20)36(30,31)19-7-3-17(4-8-19)34-21(23,24)25/h1-8H,9-15H2. The van der Waals surface area contributed by atoms with Crippen LogP contribution in [0.1, 0.15) is 12.8 Å². The summed E-state index contributed by atoms with van der Waals surface area (Å²) in [5.74, 6) is -0.385. The molecule has 9 nitrogen and oxygen atoms in total. The molecule has 0 radical (unpaired) electrons. The molecule has 0 unspecified atom stereocenters. The summed E-state index contributed by atoms with van der Waals surface area (Å²) in [6.07, 6.45) is -4.82. The first kappa shape index (κ1) is 26.6. The number of ether oxygens (including phenoxy) is 3. The number of nitrogens with zero attached hydrogens (tertiary/aromatic N) is 2. The fourth-order valence-corrected chi connectivity index (χ4v) is 7.43. The van der Waals surface area contributed by atoms with Crippen LogP contribution in [-0.4, -0.2) is 70.6 Å². The first-order valence-corrected chi connectivity index (χ1v) is 13.6. The second-order valence-corrected chi connectivity index (χ2v) is 11.8. The zero-order valence-corrected chi connectivity index (χ0v) is 20.3. The van der Waals surface area contributed by atoms with Crippen molar-refractivity contribution in [1.29, 1.82) is 0 Å². The van der Waals surface area contributed by atoms with Gasteiger partial charge >= 0.3 is 6.36 Å². The zero-order valence-electron chi connectivity index (χ0n) is 18.6. The van der Waals surface area contributed by atoms with Crippen LogP contribution in [0.5, 0.6) is 11.5 Å². The number of sulfonamides is 2. The van der Waals surface area contributed by atoms with Crippen molar-refractivity contribution < 1.29 is 48.6 Å². The first-order valence-electron chi connectivity index (χ1n) is 10.7. The molecule has 2 aromatic carbocycles. The quantitative estimate of drug-likeness (QED) is 0.485. The number of halogens is 4. The summed E-state index contributed by atoms with van der Waals surface area (Å²) in [6, 6.07) is 9.08. The Hall–Kier alpha value is -2.46. The Bertz CT molecular complexity index is 1280. The van der Waals surface area contributed by atoms with Gasteiger partial charge in [-0.15, -0.1) is 13.2 Å². The second-order valence-electron chi connectivity index (χ2n) is 8.02. The van der Waals surface area contributed by atoms with Gasteiger partial charge < -0.3 is 14.2 Å². The Morgan fingerprint density at radius 2 is 1.36 bits per heavy atom. The molecule has 2 aliphatic heterocycles. The summed E-state index contributed by atoms with van der Waals surface area (Å²) in [6.45, 7) is -1.03. The highest BCUT2D eigenvalue weighted by Gasteiger charge is 2.51. The number of benzene rings is 2.